The lowest BCUT2D eigenvalue weighted by molar-refractivity contribution is -0.139. The van der Waals surface area contributed by atoms with Gasteiger partial charge in [-0.15, -0.1) is 0 Å². The number of amides is 1. The van der Waals surface area contributed by atoms with E-state index in [0.717, 1.165) is 0 Å². The van der Waals surface area contributed by atoms with E-state index < -0.39 is 23.5 Å². The Bertz CT molecular complexity index is 932. The van der Waals surface area contributed by atoms with Gasteiger partial charge in [0.05, 0.1) is 17.7 Å². The molecule has 1 atom stereocenters. The Morgan fingerprint density at radius 2 is 1.72 bits per heavy atom. The van der Waals surface area contributed by atoms with Gasteiger partial charge in [-0.3, -0.25) is 9.59 Å². The Morgan fingerprint density at radius 1 is 1.10 bits per heavy atom. The van der Waals surface area contributed by atoms with Gasteiger partial charge in [0.25, 0.3) is 11.7 Å². The molecule has 152 valence electrons. The van der Waals surface area contributed by atoms with Crippen LogP contribution < -0.4 is 4.74 Å². The van der Waals surface area contributed by atoms with Gasteiger partial charge in [-0.2, -0.15) is 0 Å². The molecule has 0 radical (unpaired) electrons. The molecular formula is C23H24FNO4. The minimum absolute atomic E-state index is 0.00702. The van der Waals surface area contributed by atoms with Crippen molar-refractivity contribution < 1.29 is 23.8 Å². The van der Waals surface area contributed by atoms with E-state index >= 15 is 0 Å². The van der Waals surface area contributed by atoms with Gasteiger partial charge in [-0.05, 0) is 62.2 Å². The number of ketones is 1. The van der Waals surface area contributed by atoms with Gasteiger partial charge in [0.1, 0.15) is 17.3 Å². The first kappa shape index (κ1) is 20.6. The molecule has 2 aromatic carbocycles. The van der Waals surface area contributed by atoms with Crippen molar-refractivity contribution in [2.24, 2.45) is 0 Å². The number of aliphatic hydroxyl groups excluding tert-OH is 1. The standard InChI is InChI=1S/C23H24FNO4/c1-4-13-25-20(15-7-11-18(12-8-15)29-14(2)3)19(22(27)23(25)28)21(26)16-5-9-17(24)10-6-16/h5-12,14,20,26H,4,13H2,1-3H3/b21-19-. The summed E-state index contributed by atoms with van der Waals surface area (Å²) < 4.78 is 18.9. The molecule has 6 heteroatoms. The van der Waals surface area contributed by atoms with Gasteiger partial charge in [-0.1, -0.05) is 19.1 Å². The largest absolute Gasteiger partial charge is 0.507 e. The highest BCUT2D eigenvalue weighted by Gasteiger charge is 2.45. The minimum Gasteiger partial charge on any atom is -0.507 e. The lowest BCUT2D eigenvalue weighted by Crippen LogP contribution is -2.30. The number of hydrogen-bond donors (Lipinski definition) is 1. The average Bonchev–Trinajstić information content (AvgIpc) is 2.93. The molecule has 2 aromatic rings. The third-order valence-corrected chi connectivity index (χ3v) is 4.69. The number of aliphatic hydroxyl groups is 1. The molecule has 1 fully saturated rings. The van der Waals surface area contributed by atoms with Crippen LogP contribution >= 0.6 is 0 Å². The molecule has 0 aliphatic carbocycles. The number of nitrogens with zero attached hydrogens (tertiary/aromatic N) is 1. The number of hydrogen-bond acceptors (Lipinski definition) is 4. The summed E-state index contributed by atoms with van der Waals surface area (Å²) >= 11 is 0. The molecule has 1 N–H and O–H groups in total. The fraction of sp³-hybridized carbons (Fsp3) is 0.304. The highest BCUT2D eigenvalue weighted by molar-refractivity contribution is 6.46. The van der Waals surface area contributed by atoms with Crippen LogP contribution in [0.4, 0.5) is 4.39 Å². The van der Waals surface area contributed by atoms with E-state index in [9.17, 15) is 19.1 Å². The Labute approximate surface area is 169 Å². The van der Waals surface area contributed by atoms with Crippen molar-refractivity contribution in [2.45, 2.75) is 39.3 Å². The van der Waals surface area contributed by atoms with Crippen LogP contribution in [0.5, 0.6) is 5.75 Å². The second-order valence-electron chi connectivity index (χ2n) is 7.24. The van der Waals surface area contributed by atoms with Crippen LogP contribution in [0.2, 0.25) is 0 Å². The van der Waals surface area contributed by atoms with Crippen LogP contribution in [0.1, 0.15) is 44.4 Å². The molecule has 1 aliphatic rings. The zero-order chi connectivity index (χ0) is 21.1. The molecule has 1 aliphatic heterocycles. The molecule has 1 saturated heterocycles. The molecule has 0 saturated carbocycles. The zero-order valence-electron chi connectivity index (χ0n) is 16.7. The van der Waals surface area contributed by atoms with Gasteiger partial charge in [-0.25, -0.2) is 4.39 Å². The summed E-state index contributed by atoms with van der Waals surface area (Å²) in [4.78, 5) is 26.9. The molecule has 5 nitrogen and oxygen atoms in total. The van der Waals surface area contributed by atoms with Gasteiger partial charge in [0.15, 0.2) is 0 Å². The summed E-state index contributed by atoms with van der Waals surface area (Å²) in [5, 5.41) is 10.8. The molecular weight excluding hydrogens is 373 g/mol. The predicted octanol–water partition coefficient (Wildman–Crippen LogP) is 4.44. The number of likely N-dealkylation sites (tertiary alicyclic amines) is 1. The number of halogens is 1. The second-order valence-corrected chi connectivity index (χ2v) is 7.24. The van der Waals surface area contributed by atoms with Crippen LogP contribution in [0, 0.1) is 5.82 Å². The van der Waals surface area contributed by atoms with Crippen LogP contribution in [-0.4, -0.2) is 34.3 Å². The maximum atomic E-state index is 13.3. The van der Waals surface area contributed by atoms with Crippen molar-refractivity contribution in [3.8, 4) is 5.75 Å². The van der Waals surface area contributed by atoms with Gasteiger partial charge in [0, 0.05) is 12.1 Å². The number of carbonyl (C=O) groups excluding carboxylic acids is 2. The fourth-order valence-corrected chi connectivity index (χ4v) is 3.46. The van der Waals surface area contributed by atoms with Gasteiger partial charge in [0.2, 0.25) is 0 Å². The van der Waals surface area contributed by atoms with Gasteiger partial charge >= 0.3 is 0 Å². The number of Topliss-reactive ketones (excluding diaryl/α,β-unsaturated/α-hetero) is 1. The smallest absolute Gasteiger partial charge is 0.295 e. The van der Waals surface area contributed by atoms with E-state index in [1.54, 1.807) is 24.3 Å². The summed E-state index contributed by atoms with van der Waals surface area (Å²) in [6.07, 6.45) is 0.680. The molecule has 3 rings (SSSR count). The minimum atomic E-state index is -0.743. The monoisotopic (exact) mass is 397 g/mol. The molecule has 1 heterocycles. The SMILES string of the molecule is CCCN1C(=O)C(=O)/C(=C(\O)c2ccc(F)cc2)C1c1ccc(OC(C)C)cc1. The van der Waals surface area contributed by atoms with E-state index in [-0.39, 0.29) is 23.0 Å². The van der Waals surface area contributed by atoms with E-state index in [1.807, 2.05) is 20.8 Å². The van der Waals surface area contributed by atoms with Crippen molar-refractivity contribution in [1.82, 2.24) is 4.90 Å². The van der Waals surface area contributed by atoms with E-state index in [0.29, 0.717) is 24.3 Å². The maximum absolute atomic E-state index is 13.3. The third kappa shape index (κ3) is 4.16. The molecule has 29 heavy (non-hydrogen) atoms. The lowest BCUT2D eigenvalue weighted by Gasteiger charge is -2.25. The van der Waals surface area contributed by atoms with Crippen molar-refractivity contribution >= 4 is 17.4 Å². The van der Waals surface area contributed by atoms with Crippen LogP contribution in [0.3, 0.4) is 0 Å². The maximum Gasteiger partial charge on any atom is 0.295 e. The number of rotatable bonds is 6. The van der Waals surface area contributed by atoms with Crippen LogP contribution in [0.25, 0.3) is 5.76 Å². The topological polar surface area (TPSA) is 66.8 Å². The van der Waals surface area contributed by atoms with E-state index in [4.69, 9.17) is 4.74 Å². The Morgan fingerprint density at radius 3 is 2.28 bits per heavy atom. The Balaban J connectivity index is 2.09. The Hall–Kier alpha value is -3.15. The average molecular weight is 397 g/mol. The summed E-state index contributed by atoms with van der Waals surface area (Å²) in [6.45, 7) is 6.13. The van der Waals surface area contributed by atoms with E-state index in [2.05, 4.69) is 0 Å². The van der Waals surface area contributed by atoms with Crippen LogP contribution in [-0.2, 0) is 9.59 Å². The second kappa shape index (κ2) is 8.47. The first-order valence-corrected chi connectivity index (χ1v) is 9.64. The first-order chi connectivity index (χ1) is 13.8. The molecule has 0 aromatic heterocycles. The normalized spacial score (nSPS) is 18.5. The van der Waals surface area contributed by atoms with Crippen molar-refractivity contribution in [3.05, 3.63) is 71.0 Å². The third-order valence-electron chi connectivity index (χ3n) is 4.69. The number of carbonyl (C=O) groups is 2. The Kier molecular flexibility index (Phi) is 6.01. The zero-order valence-corrected chi connectivity index (χ0v) is 16.7. The number of ether oxygens (including phenoxy) is 1. The summed E-state index contributed by atoms with van der Waals surface area (Å²) in [5.41, 5.74) is 0.982. The van der Waals surface area contributed by atoms with Crippen molar-refractivity contribution in [3.63, 3.8) is 0 Å². The van der Waals surface area contributed by atoms with E-state index in [1.165, 1.54) is 29.2 Å². The highest BCUT2D eigenvalue weighted by Crippen LogP contribution is 2.39. The lowest BCUT2D eigenvalue weighted by atomic mass is 9.95. The molecule has 0 bridgehead atoms. The van der Waals surface area contributed by atoms with Gasteiger partial charge < -0.3 is 14.7 Å². The molecule has 1 unspecified atom stereocenters. The van der Waals surface area contributed by atoms with Crippen LogP contribution in [0.15, 0.2) is 54.1 Å². The van der Waals surface area contributed by atoms with Crippen molar-refractivity contribution in [2.75, 3.05) is 6.54 Å². The number of benzene rings is 2. The first-order valence-electron chi connectivity index (χ1n) is 9.64. The van der Waals surface area contributed by atoms with Crippen molar-refractivity contribution in [1.29, 1.82) is 0 Å². The summed E-state index contributed by atoms with van der Waals surface area (Å²) in [5.74, 6) is -1.48. The predicted molar refractivity (Wildman–Crippen MR) is 108 cm³/mol. The quantitative estimate of drug-likeness (QED) is 0.444. The molecule has 0 spiro atoms. The summed E-state index contributed by atoms with van der Waals surface area (Å²) in [7, 11) is 0. The fourth-order valence-electron chi connectivity index (χ4n) is 3.46. The highest BCUT2D eigenvalue weighted by atomic mass is 19.1. The molecule has 1 amide bonds. The summed E-state index contributed by atoms with van der Waals surface area (Å²) in [6, 6.07) is 11.6.